The van der Waals surface area contributed by atoms with Crippen molar-refractivity contribution in [3.8, 4) is 0 Å². The number of benzene rings is 1. The molecule has 0 aliphatic carbocycles. The summed E-state index contributed by atoms with van der Waals surface area (Å²) in [6.45, 7) is 0.928. The van der Waals surface area contributed by atoms with E-state index in [-0.39, 0.29) is 24.7 Å². The molecule has 3 heterocycles. The largest absolute Gasteiger partial charge is 0.350 e. The fraction of sp³-hybridized carbons (Fsp3) is 0.263. The summed E-state index contributed by atoms with van der Waals surface area (Å²) in [4.78, 5) is 29.6. The highest BCUT2D eigenvalue weighted by Crippen LogP contribution is 2.15. The van der Waals surface area contributed by atoms with Crippen molar-refractivity contribution in [2.45, 2.75) is 25.8 Å². The zero-order chi connectivity index (χ0) is 18.6. The van der Waals surface area contributed by atoms with Gasteiger partial charge in [-0.3, -0.25) is 14.0 Å². The van der Waals surface area contributed by atoms with Gasteiger partial charge in [-0.05, 0) is 5.56 Å². The quantitative estimate of drug-likeness (QED) is 0.712. The van der Waals surface area contributed by atoms with E-state index < -0.39 is 0 Å². The van der Waals surface area contributed by atoms with Gasteiger partial charge in [-0.1, -0.05) is 30.3 Å². The number of nitrogens with zero attached hydrogens (tertiary/aromatic N) is 4. The van der Waals surface area contributed by atoms with Gasteiger partial charge in [-0.15, -0.1) is 11.3 Å². The van der Waals surface area contributed by atoms with E-state index >= 15 is 0 Å². The summed E-state index contributed by atoms with van der Waals surface area (Å²) in [5, 5.41) is 10.6. The molecule has 0 spiro atoms. The van der Waals surface area contributed by atoms with Gasteiger partial charge in [0, 0.05) is 37.0 Å². The van der Waals surface area contributed by atoms with Gasteiger partial charge in [0.25, 0.3) is 0 Å². The Kier molecular flexibility index (Phi) is 4.97. The summed E-state index contributed by atoms with van der Waals surface area (Å²) in [5.74, 6) is -0.287. The van der Waals surface area contributed by atoms with E-state index in [0.717, 1.165) is 28.4 Å². The number of fused-ring (bicyclic) bond motifs is 1. The van der Waals surface area contributed by atoms with Crippen molar-refractivity contribution in [3.05, 3.63) is 59.4 Å². The van der Waals surface area contributed by atoms with Gasteiger partial charge in [0.15, 0.2) is 4.96 Å². The van der Waals surface area contributed by atoms with Crippen LogP contribution >= 0.6 is 11.3 Å². The summed E-state index contributed by atoms with van der Waals surface area (Å²) in [6.07, 6.45) is 4.85. The van der Waals surface area contributed by atoms with Crippen LogP contribution in [0, 0.1) is 0 Å². The SMILES string of the molecule is O=C(CCC(=O)N1CCC(c2ccccc2)=N1)NCc1cn2ccsc2n1. The molecule has 1 aromatic carbocycles. The monoisotopic (exact) mass is 381 g/mol. The zero-order valence-corrected chi connectivity index (χ0v) is 15.5. The number of hydrogen-bond acceptors (Lipinski definition) is 5. The fourth-order valence-electron chi connectivity index (χ4n) is 2.96. The molecule has 4 rings (SSSR count). The Bertz CT molecular complexity index is 963. The van der Waals surface area contributed by atoms with Crippen LogP contribution in [0.1, 0.15) is 30.5 Å². The molecule has 3 aromatic rings. The molecule has 8 heteroatoms. The van der Waals surface area contributed by atoms with Crippen molar-refractivity contribution in [1.29, 1.82) is 0 Å². The van der Waals surface area contributed by atoms with Crippen LogP contribution in [0.5, 0.6) is 0 Å². The van der Waals surface area contributed by atoms with Crippen molar-refractivity contribution in [2.24, 2.45) is 5.10 Å². The number of carbonyl (C=O) groups is 2. The van der Waals surface area contributed by atoms with E-state index in [4.69, 9.17) is 0 Å². The third-order valence-corrected chi connectivity index (χ3v) is 5.14. The van der Waals surface area contributed by atoms with Gasteiger partial charge in [0.2, 0.25) is 11.8 Å². The predicted octanol–water partition coefficient (Wildman–Crippen LogP) is 2.43. The standard InChI is InChI=1S/C19H19N5O2S/c25-17(20-12-15-13-23-10-11-27-19(23)21-15)6-7-18(26)24-9-8-16(22-24)14-4-2-1-3-5-14/h1-5,10-11,13H,6-9,12H2,(H,20,25). The molecule has 0 saturated heterocycles. The number of hydrazone groups is 1. The molecule has 27 heavy (non-hydrogen) atoms. The van der Waals surface area contributed by atoms with Crippen LogP contribution in [0.3, 0.4) is 0 Å². The number of carbonyl (C=O) groups excluding carboxylic acids is 2. The first-order chi connectivity index (χ1) is 13.2. The molecular weight excluding hydrogens is 362 g/mol. The first-order valence-corrected chi connectivity index (χ1v) is 9.68. The number of aromatic nitrogens is 2. The predicted molar refractivity (Wildman–Crippen MR) is 103 cm³/mol. The van der Waals surface area contributed by atoms with E-state index in [2.05, 4.69) is 15.4 Å². The van der Waals surface area contributed by atoms with Crippen LogP contribution in [0.4, 0.5) is 0 Å². The maximum absolute atomic E-state index is 12.3. The lowest BCUT2D eigenvalue weighted by molar-refractivity contribution is -0.133. The van der Waals surface area contributed by atoms with Gasteiger partial charge in [-0.25, -0.2) is 9.99 Å². The van der Waals surface area contributed by atoms with Crippen LogP contribution in [0.25, 0.3) is 4.96 Å². The first kappa shape index (κ1) is 17.4. The van der Waals surface area contributed by atoms with E-state index in [1.807, 2.05) is 52.5 Å². The van der Waals surface area contributed by atoms with Crippen LogP contribution in [0.2, 0.25) is 0 Å². The highest BCUT2D eigenvalue weighted by atomic mass is 32.1. The van der Waals surface area contributed by atoms with Gasteiger partial charge in [0.1, 0.15) is 0 Å². The Morgan fingerprint density at radius 1 is 1.19 bits per heavy atom. The number of thiazole rings is 1. The Balaban J connectivity index is 1.24. The average molecular weight is 381 g/mol. The smallest absolute Gasteiger partial charge is 0.243 e. The van der Waals surface area contributed by atoms with Crippen molar-refractivity contribution in [3.63, 3.8) is 0 Å². The molecule has 1 N–H and O–H groups in total. The Labute approximate surface area is 160 Å². The summed E-state index contributed by atoms with van der Waals surface area (Å²) < 4.78 is 1.92. The van der Waals surface area contributed by atoms with Crippen molar-refractivity contribution >= 4 is 33.8 Å². The van der Waals surface area contributed by atoms with Crippen molar-refractivity contribution < 1.29 is 9.59 Å². The molecule has 138 valence electrons. The van der Waals surface area contributed by atoms with E-state index in [9.17, 15) is 9.59 Å². The second-order valence-corrected chi connectivity index (χ2v) is 7.15. The number of hydrogen-bond donors (Lipinski definition) is 1. The van der Waals surface area contributed by atoms with Gasteiger partial charge in [-0.2, -0.15) is 5.10 Å². The number of nitrogens with one attached hydrogen (secondary N) is 1. The molecule has 7 nitrogen and oxygen atoms in total. The minimum atomic E-state index is -0.161. The van der Waals surface area contributed by atoms with Gasteiger partial charge >= 0.3 is 0 Å². The summed E-state index contributed by atoms with van der Waals surface area (Å²) >= 11 is 1.55. The number of amides is 2. The molecule has 0 radical (unpaired) electrons. The van der Waals surface area contributed by atoms with Gasteiger partial charge in [0.05, 0.1) is 24.5 Å². The van der Waals surface area contributed by atoms with Crippen molar-refractivity contribution in [1.82, 2.24) is 19.7 Å². The summed E-state index contributed by atoms with van der Waals surface area (Å²) in [5.41, 5.74) is 2.75. The lowest BCUT2D eigenvalue weighted by Gasteiger charge is -2.11. The van der Waals surface area contributed by atoms with Crippen LogP contribution in [-0.2, 0) is 16.1 Å². The second-order valence-electron chi connectivity index (χ2n) is 6.28. The fourth-order valence-corrected chi connectivity index (χ4v) is 3.68. The first-order valence-electron chi connectivity index (χ1n) is 8.80. The Morgan fingerprint density at radius 2 is 2.04 bits per heavy atom. The van der Waals surface area contributed by atoms with E-state index in [1.165, 1.54) is 5.01 Å². The molecule has 0 fully saturated rings. The lowest BCUT2D eigenvalue weighted by atomic mass is 10.1. The second kappa shape index (κ2) is 7.71. The van der Waals surface area contributed by atoms with Crippen LogP contribution in [0.15, 0.2) is 53.2 Å². The molecule has 0 bridgehead atoms. The lowest BCUT2D eigenvalue weighted by Crippen LogP contribution is -2.27. The molecule has 1 aliphatic heterocycles. The zero-order valence-electron chi connectivity index (χ0n) is 14.7. The van der Waals surface area contributed by atoms with Crippen LogP contribution < -0.4 is 5.32 Å². The third-order valence-electron chi connectivity index (χ3n) is 4.37. The average Bonchev–Trinajstić information content (AvgIpc) is 3.41. The molecule has 1 aliphatic rings. The van der Waals surface area contributed by atoms with Gasteiger partial charge < -0.3 is 5.32 Å². The summed E-state index contributed by atoms with van der Waals surface area (Å²) in [7, 11) is 0. The molecule has 0 unspecified atom stereocenters. The molecule has 2 aromatic heterocycles. The maximum Gasteiger partial charge on any atom is 0.243 e. The molecule has 2 amide bonds. The van der Waals surface area contributed by atoms with E-state index in [1.54, 1.807) is 11.3 Å². The molecule has 0 atom stereocenters. The third kappa shape index (κ3) is 4.06. The number of rotatable bonds is 6. The minimum Gasteiger partial charge on any atom is -0.350 e. The molecule has 0 saturated carbocycles. The van der Waals surface area contributed by atoms with E-state index in [0.29, 0.717) is 13.1 Å². The Hall–Kier alpha value is -3.00. The number of imidazole rings is 1. The maximum atomic E-state index is 12.3. The Morgan fingerprint density at radius 3 is 2.85 bits per heavy atom. The topological polar surface area (TPSA) is 79.1 Å². The highest BCUT2D eigenvalue weighted by molar-refractivity contribution is 7.15. The minimum absolute atomic E-state index is 0.126. The normalized spacial score (nSPS) is 13.8. The highest BCUT2D eigenvalue weighted by Gasteiger charge is 2.21. The van der Waals surface area contributed by atoms with Crippen LogP contribution in [-0.4, -0.2) is 38.5 Å². The summed E-state index contributed by atoms with van der Waals surface area (Å²) in [6, 6.07) is 9.83. The van der Waals surface area contributed by atoms with Crippen molar-refractivity contribution in [2.75, 3.05) is 6.54 Å². The molecular formula is C19H19N5O2S.